The van der Waals surface area contributed by atoms with Gasteiger partial charge in [0.1, 0.15) is 5.75 Å². The van der Waals surface area contributed by atoms with Gasteiger partial charge in [-0.3, -0.25) is 4.79 Å². The molecule has 2 N–H and O–H groups in total. The van der Waals surface area contributed by atoms with Crippen LogP contribution in [0.3, 0.4) is 0 Å². The fraction of sp³-hybridized carbons (Fsp3) is 0.682. The van der Waals surface area contributed by atoms with Gasteiger partial charge in [0.05, 0.1) is 6.61 Å². The Labute approximate surface area is 158 Å². The monoisotopic (exact) mass is 364 g/mol. The number of aliphatic hydroxyl groups excluding tert-OH is 1. The highest BCUT2D eigenvalue weighted by molar-refractivity contribution is 5.69. The quantitative estimate of drug-likeness (QED) is 0.437. The summed E-state index contributed by atoms with van der Waals surface area (Å²) in [5, 5.41) is 19.0. The summed E-state index contributed by atoms with van der Waals surface area (Å²) in [6.07, 6.45) is 7.16. The van der Waals surface area contributed by atoms with Crippen LogP contribution in [-0.2, 0) is 21.4 Å². The van der Waals surface area contributed by atoms with Gasteiger partial charge in [0.15, 0.2) is 0 Å². The van der Waals surface area contributed by atoms with Crippen LogP contribution in [0.1, 0.15) is 82.4 Å². The van der Waals surface area contributed by atoms with E-state index in [1.54, 1.807) is 0 Å². The number of hydrogen-bond acceptors (Lipinski definition) is 4. The first-order valence-corrected chi connectivity index (χ1v) is 9.85. The molecule has 0 amide bonds. The lowest BCUT2D eigenvalue weighted by Crippen LogP contribution is -2.13. The van der Waals surface area contributed by atoms with Gasteiger partial charge >= 0.3 is 5.97 Å². The van der Waals surface area contributed by atoms with Crippen molar-refractivity contribution in [3.63, 3.8) is 0 Å². The second kappa shape index (κ2) is 11.2. The Morgan fingerprint density at radius 2 is 1.65 bits per heavy atom. The number of carbonyl (C=O) groups excluding carboxylic acids is 1. The Hall–Kier alpha value is -1.55. The van der Waals surface area contributed by atoms with Crippen molar-refractivity contribution in [2.24, 2.45) is 0 Å². The van der Waals surface area contributed by atoms with Gasteiger partial charge in [-0.15, -0.1) is 0 Å². The van der Waals surface area contributed by atoms with Crippen molar-refractivity contribution in [2.45, 2.75) is 84.5 Å². The second-order valence-electron chi connectivity index (χ2n) is 8.12. The maximum Gasteiger partial charge on any atom is 0.306 e. The average molecular weight is 365 g/mol. The smallest absolute Gasteiger partial charge is 0.306 e. The van der Waals surface area contributed by atoms with Gasteiger partial charge in [0.25, 0.3) is 0 Å². The minimum atomic E-state index is -0.159. The average Bonchev–Trinajstić information content (AvgIpc) is 2.57. The lowest BCUT2D eigenvalue weighted by molar-refractivity contribution is -0.143. The number of ether oxygens (including phenoxy) is 1. The van der Waals surface area contributed by atoms with E-state index in [9.17, 15) is 9.90 Å². The predicted octanol–water partition coefficient (Wildman–Crippen LogP) is 4.81. The molecule has 148 valence electrons. The van der Waals surface area contributed by atoms with Crippen molar-refractivity contribution < 1.29 is 19.7 Å². The van der Waals surface area contributed by atoms with E-state index in [0.29, 0.717) is 25.2 Å². The van der Waals surface area contributed by atoms with Crippen LogP contribution in [0.4, 0.5) is 0 Å². The van der Waals surface area contributed by atoms with Gasteiger partial charge in [0, 0.05) is 13.0 Å². The van der Waals surface area contributed by atoms with Crippen molar-refractivity contribution in [1.29, 1.82) is 0 Å². The van der Waals surface area contributed by atoms with Gasteiger partial charge in [-0.25, -0.2) is 0 Å². The number of carbonyl (C=O) groups is 1. The minimum absolute atomic E-state index is 0.136. The standard InChI is InChI=1S/C22H36O4/c1-17-15-18(16-19(21(17)25)22(2,3)4)11-12-20(24)26-14-10-8-6-5-7-9-13-23/h15-16,23,25H,5-14H2,1-4H3. The topological polar surface area (TPSA) is 66.8 Å². The summed E-state index contributed by atoms with van der Waals surface area (Å²) in [5.74, 6) is 0.191. The Kier molecular flexibility index (Phi) is 9.71. The summed E-state index contributed by atoms with van der Waals surface area (Å²) in [4.78, 5) is 11.9. The SMILES string of the molecule is Cc1cc(CCC(=O)OCCCCCCCCO)cc(C(C)(C)C)c1O. The number of rotatable bonds is 11. The second-order valence-corrected chi connectivity index (χ2v) is 8.12. The van der Waals surface area contributed by atoms with Crippen molar-refractivity contribution >= 4 is 5.97 Å². The first-order chi connectivity index (χ1) is 12.3. The molecule has 26 heavy (non-hydrogen) atoms. The third-order valence-corrected chi connectivity index (χ3v) is 4.60. The van der Waals surface area contributed by atoms with Crippen LogP contribution in [0.5, 0.6) is 5.75 Å². The van der Waals surface area contributed by atoms with Crippen LogP contribution in [0.25, 0.3) is 0 Å². The first kappa shape index (κ1) is 22.5. The Morgan fingerprint density at radius 1 is 1.04 bits per heavy atom. The number of aromatic hydroxyl groups is 1. The van der Waals surface area contributed by atoms with Crippen LogP contribution >= 0.6 is 0 Å². The molecule has 1 aromatic carbocycles. The summed E-state index contributed by atoms with van der Waals surface area (Å²) in [6, 6.07) is 3.95. The number of aryl methyl sites for hydroxylation is 2. The summed E-state index contributed by atoms with van der Waals surface area (Å²) >= 11 is 0. The highest BCUT2D eigenvalue weighted by Gasteiger charge is 2.20. The molecule has 0 bridgehead atoms. The Bertz CT molecular complexity index is 558. The number of benzene rings is 1. The third kappa shape index (κ3) is 8.22. The van der Waals surface area contributed by atoms with E-state index >= 15 is 0 Å². The Morgan fingerprint density at radius 3 is 2.27 bits per heavy atom. The molecule has 0 unspecified atom stereocenters. The fourth-order valence-electron chi connectivity index (χ4n) is 3.00. The summed E-state index contributed by atoms with van der Waals surface area (Å²) in [7, 11) is 0. The van der Waals surface area contributed by atoms with Gasteiger partial charge in [-0.1, -0.05) is 58.6 Å². The molecule has 0 atom stereocenters. The maximum atomic E-state index is 11.9. The maximum absolute atomic E-state index is 11.9. The molecular formula is C22H36O4. The number of hydrogen-bond donors (Lipinski definition) is 2. The van der Waals surface area contributed by atoms with Crippen molar-refractivity contribution in [1.82, 2.24) is 0 Å². The molecule has 0 saturated carbocycles. The number of aliphatic hydroxyl groups is 1. The van der Waals surface area contributed by atoms with Gasteiger partial charge in [-0.2, -0.15) is 0 Å². The van der Waals surface area contributed by atoms with E-state index in [1.807, 2.05) is 19.1 Å². The highest BCUT2D eigenvalue weighted by Crippen LogP contribution is 2.34. The summed E-state index contributed by atoms with van der Waals surface area (Å²) in [6.45, 7) is 8.87. The van der Waals surface area contributed by atoms with E-state index in [2.05, 4.69) is 20.8 Å². The third-order valence-electron chi connectivity index (χ3n) is 4.60. The molecule has 1 rings (SSSR count). The fourth-order valence-corrected chi connectivity index (χ4v) is 3.00. The predicted molar refractivity (Wildman–Crippen MR) is 106 cm³/mol. The largest absolute Gasteiger partial charge is 0.507 e. The molecule has 0 aliphatic carbocycles. The van der Waals surface area contributed by atoms with Crippen LogP contribution in [0.15, 0.2) is 12.1 Å². The normalized spacial score (nSPS) is 11.6. The molecule has 1 aromatic rings. The zero-order chi connectivity index (χ0) is 19.6. The molecule has 0 aliphatic rings. The van der Waals surface area contributed by atoms with Crippen molar-refractivity contribution in [3.05, 3.63) is 28.8 Å². The highest BCUT2D eigenvalue weighted by atomic mass is 16.5. The summed E-state index contributed by atoms with van der Waals surface area (Å²) < 4.78 is 5.31. The van der Waals surface area contributed by atoms with Crippen LogP contribution in [0.2, 0.25) is 0 Å². The van der Waals surface area contributed by atoms with Gasteiger partial charge in [-0.05, 0) is 48.3 Å². The van der Waals surface area contributed by atoms with Crippen molar-refractivity contribution in [2.75, 3.05) is 13.2 Å². The van der Waals surface area contributed by atoms with E-state index in [0.717, 1.165) is 55.2 Å². The zero-order valence-electron chi connectivity index (χ0n) is 16.9. The molecular weight excluding hydrogens is 328 g/mol. The number of phenols is 1. The van der Waals surface area contributed by atoms with Crippen LogP contribution in [0, 0.1) is 6.92 Å². The van der Waals surface area contributed by atoms with Crippen molar-refractivity contribution in [3.8, 4) is 5.75 Å². The van der Waals surface area contributed by atoms with E-state index < -0.39 is 0 Å². The van der Waals surface area contributed by atoms with Gasteiger partial charge in [0.2, 0.25) is 0 Å². The molecule has 0 fully saturated rings. The lowest BCUT2D eigenvalue weighted by atomic mass is 9.83. The Balaban J connectivity index is 2.34. The van der Waals surface area contributed by atoms with E-state index in [-0.39, 0.29) is 18.0 Å². The number of unbranched alkanes of at least 4 members (excludes halogenated alkanes) is 5. The first-order valence-electron chi connectivity index (χ1n) is 9.85. The van der Waals surface area contributed by atoms with E-state index in [1.165, 1.54) is 0 Å². The summed E-state index contributed by atoms with van der Waals surface area (Å²) in [5.41, 5.74) is 2.69. The van der Waals surface area contributed by atoms with E-state index in [4.69, 9.17) is 9.84 Å². The molecule has 0 aliphatic heterocycles. The molecule has 4 nitrogen and oxygen atoms in total. The lowest BCUT2D eigenvalue weighted by Gasteiger charge is -2.22. The molecule has 0 saturated heterocycles. The molecule has 0 spiro atoms. The molecule has 0 radical (unpaired) electrons. The molecule has 4 heteroatoms. The molecule has 0 heterocycles. The number of phenolic OH excluding ortho intramolecular Hbond substituents is 1. The number of esters is 1. The van der Waals surface area contributed by atoms with Crippen LogP contribution < -0.4 is 0 Å². The molecule has 0 aromatic heterocycles. The zero-order valence-corrected chi connectivity index (χ0v) is 16.9. The van der Waals surface area contributed by atoms with Crippen LogP contribution in [-0.4, -0.2) is 29.4 Å². The minimum Gasteiger partial charge on any atom is -0.507 e. The van der Waals surface area contributed by atoms with Gasteiger partial charge < -0.3 is 14.9 Å².